The van der Waals surface area contributed by atoms with E-state index in [9.17, 15) is 13.2 Å². The van der Waals surface area contributed by atoms with Crippen molar-refractivity contribution in [3.05, 3.63) is 59.4 Å². The van der Waals surface area contributed by atoms with Crippen LogP contribution in [0.1, 0.15) is 35.5 Å². The molecule has 7 heteroatoms. The molecule has 0 unspecified atom stereocenters. The van der Waals surface area contributed by atoms with Crippen LogP contribution < -0.4 is 5.32 Å². The molecule has 0 radical (unpaired) electrons. The molecule has 3 aromatic rings. The van der Waals surface area contributed by atoms with Crippen LogP contribution in [0.2, 0.25) is 0 Å². The van der Waals surface area contributed by atoms with Crippen LogP contribution in [0.5, 0.6) is 0 Å². The van der Waals surface area contributed by atoms with Crippen molar-refractivity contribution in [1.82, 2.24) is 4.31 Å². The number of para-hydroxylation sites is 1. The fraction of sp³-hybridized carbons (Fsp3) is 0.286. The topological polar surface area (TPSA) is 79.6 Å². The second-order valence-electron chi connectivity index (χ2n) is 6.57. The Hall–Kier alpha value is -2.64. The smallest absolute Gasteiger partial charge is 0.291 e. The molecule has 0 spiro atoms. The molecule has 28 heavy (non-hydrogen) atoms. The van der Waals surface area contributed by atoms with Gasteiger partial charge in [-0.1, -0.05) is 38.1 Å². The molecule has 0 bridgehead atoms. The normalized spacial score (nSPS) is 11.9. The van der Waals surface area contributed by atoms with Gasteiger partial charge in [0.25, 0.3) is 5.91 Å². The van der Waals surface area contributed by atoms with Crippen molar-refractivity contribution in [3.63, 3.8) is 0 Å². The number of carbonyl (C=O) groups excluding carboxylic acids is 1. The number of hydrogen-bond donors (Lipinski definition) is 1. The van der Waals surface area contributed by atoms with E-state index in [0.717, 1.165) is 16.5 Å². The molecule has 3 rings (SSSR count). The van der Waals surface area contributed by atoms with Gasteiger partial charge in [-0.3, -0.25) is 4.79 Å². The van der Waals surface area contributed by atoms with Crippen LogP contribution in [-0.4, -0.2) is 31.7 Å². The third-order valence-electron chi connectivity index (χ3n) is 4.85. The molecule has 6 nitrogen and oxygen atoms in total. The lowest BCUT2D eigenvalue weighted by molar-refractivity contribution is 0.0997. The van der Waals surface area contributed by atoms with Crippen LogP contribution in [0, 0.1) is 13.8 Å². The molecule has 1 amide bonds. The second-order valence-corrected chi connectivity index (χ2v) is 8.51. The number of nitrogens with one attached hydrogen (secondary N) is 1. The number of sulfonamides is 1. The van der Waals surface area contributed by atoms with E-state index in [1.807, 2.05) is 38.1 Å². The third-order valence-corrected chi connectivity index (χ3v) is 6.90. The van der Waals surface area contributed by atoms with Gasteiger partial charge in [0.05, 0.1) is 4.90 Å². The van der Waals surface area contributed by atoms with Crippen molar-refractivity contribution in [1.29, 1.82) is 0 Å². The lowest BCUT2D eigenvalue weighted by Gasteiger charge is -2.19. The number of hydrogen-bond acceptors (Lipinski definition) is 4. The lowest BCUT2D eigenvalue weighted by Crippen LogP contribution is -2.30. The number of amides is 1. The van der Waals surface area contributed by atoms with Crippen LogP contribution in [0.4, 0.5) is 5.69 Å². The van der Waals surface area contributed by atoms with Gasteiger partial charge in [0.15, 0.2) is 5.76 Å². The predicted molar refractivity (Wildman–Crippen MR) is 110 cm³/mol. The van der Waals surface area contributed by atoms with Gasteiger partial charge in [-0.15, -0.1) is 0 Å². The van der Waals surface area contributed by atoms with Crippen molar-refractivity contribution in [2.24, 2.45) is 0 Å². The molecule has 1 heterocycles. The van der Waals surface area contributed by atoms with Crippen LogP contribution >= 0.6 is 0 Å². The highest BCUT2D eigenvalue weighted by atomic mass is 32.2. The summed E-state index contributed by atoms with van der Waals surface area (Å²) in [6.07, 6.45) is 0. The number of rotatable bonds is 6. The van der Waals surface area contributed by atoms with Crippen LogP contribution in [0.25, 0.3) is 11.0 Å². The third kappa shape index (κ3) is 3.55. The highest BCUT2D eigenvalue weighted by Gasteiger charge is 2.23. The van der Waals surface area contributed by atoms with Crippen molar-refractivity contribution in [3.8, 4) is 0 Å². The fourth-order valence-corrected chi connectivity index (χ4v) is 4.66. The monoisotopic (exact) mass is 400 g/mol. The summed E-state index contributed by atoms with van der Waals surface area (Å²) in [5.41, 5.74) is 2.59. The molecular formula is C21H24N2O4S. The Bertz CT molecular complexity index is 1130. The van der Waals surface area contributed by atoms with Gasteiger partial charge in [-0.05, 0) is 37.6 Å². The van der Waals surface area contributed by atoms with Gasteiger partial charge in [0.1, 0.15) is 5.58 Å². The Morgan fingerprint density at radius 3 is 2.39 bits per heavy atom. The molecule has 2 aromatic carbocycles. The van der Waals surface area contributed by atoms with E-state index in [-0.39, 0.29) is 10.7 Å². The van der Waals surface area contributed by atoms with E-state index in [0.29, 0.717) is 24.4 Å². The van der Waals surface area contributed by atoms with Gasteiger partial charge in [-0.2, -0.15) is 4.31 Å². The largest absolute Gasteiger partial charge is 0.451 e. The van der Waals surface area contributed by atoms with E-state index in [4.69, 9.17) is 4.42 Å². The standard InChI is InChI=1S/C21H24N2O4S/c1-5-23(6-2)28(25,26)16-12-11-14(3)18(13-16)22-21(24)20-15(4)17-9-7-8-10-19(17)27-20/h7-13H,5-6H2,1-4H3,(H,22,24). The summed E-state index contributed by atoms with van der Waals surface area (Å²) in [6, 6.07) is 12.2. The first kappa shape index (κ1) is 20.1. The maximum Gasteiger partial charge on any atom is 0.291 e. The quantitative estimate of drug-likeness (QED) is 0.668. The SMILES string of the molecule is CCN(CC)S(=O)(=O)c1ccc(C)c(NC(=O)c2oc3ccccc3c2C)c1. The van der Waals surface area contributed by atoms with Crippen molar-refractivity contribution >= 4 is 32.6 Å². The molecule has 1 N–H and O–H groups in total. The van der Waals surface area contributed by atoms with E-state index in [1.54, 1.807) is 26.0 Å². The number of carbonyl (C=O) groups is 1. The molecule has 0 saturated carbocycles. The number of benzene rings is 2. The van der Waals surface area contributed by atoms with Gasteiger partial charge in [-0.25, -0.2) is 8.42 Å². The zero-order valence-electron chi connectivity index (χ0n) is 16.4. The maximum absolute atomic E-state index is 12.8. The first-order chi connectivity index (χ1) is 13.3. The predicted octanol–water partition coefficient (Wildman–Crippen LogP) is 4.33. The average molecular weight is 401 g/mol. The van der Waals surface area contributed by atoms with Gasteiger partial charge >= 0.3 is 0 Å². The molecule has 0 aliphatic heterocycles. The Labute approximate surface area is 165 Å². The number of fused-ring (bicyclic) bond motifs is 1. The van der Waals surface area contributed by atoms with Crippen LogP contribution in [0.3, 0.4) is 0 Å². The molecule has 0 aliphatic carbocycles. The number of furan rings is 1. The fourth-order valence-electron chi connectivity index (χ4n) is 3.18. The summed E-state index contributed by atoms with van der Waals surface area (Å²) in [5.74, 6) is -0.188. The molecule has 0 atom stereocenters. The lowest BCUT2D eigenvalue weighted by atomic mass is 10.1. The number of aryl methyl sites for hydroxylation is 2. The van der Waals surface area contributed by atoms with Gasteiger partial charge < -0.3 is 9.73 Å². The highest BCUT2D eigenvalue weighted by molar-refractivity contribution is 7.89. The molecule has 148 valence electrons. The van der Waals surface area contributed by atoms with Crippen molar-refractivity contribution < 1.29 is 17.6 Å². The van der Waals surface area contributed by atoms with E-state index in [1.165, 1.54) is 10.4 Å². The van der Waals surface area contributed by atoms with E-state index in [2.05, 4.69) is 5.32 Å². The Balaban J connectivity index is 1.96. The molecule has 0 saturated heterocycles. The second kappa shape index (κ2) is 7.77. The van der Waals surface area contributed by atoms with Crippen LogP contribution in [0.15, 0.2) is 51.8 Å². The average Bonchev–Trinajstić information content (AvgIpc) is 3.01. The maximum atomic E-state index is 12.8. The Kier molecular flexibility index (Phi) is 5.58. The number of anilines is 1. The van der Waals surface area contributed by atoms with E-state index < -0.39 is 15.9 Å². The summed E-state index contributed by atoms with van der Waals surface area (Å²) in [4.78, 5) is 13.0. The van der Waals surface area contributed by atoms with Gasteiger partial charge in [0.2, 0.25) is 10.0 Å². The first-order valence-corrected chi connectivity index (χ1v) is 10.6. The summed E-state index contributed by atoms with van der Waals surface area (Å²) in [6.45, 7) is 7.99. The van der Waals surface area contributed by atoms with E-state index >= 15 is 0 Å². The first-order valence-electron chi connectivity index (χ1n) is 9.19. The van der Waals surface area contributed by atoms with Gasteiger partial charge in [0, 0.05) is 29.7 Å². The highest BCUT2D eigenvalue weighted by Crippen LogP contribution is 2.27. The zero-order chi connectivity index (χ0) is 20.5. The van der Waals surface area contributed by atoms with Crippen molar-refractivity contribution in [2.75, 3.05) is 18.4 Å². The Morgan fingerprint density at radius 2 is 1.75 bits per heavy atom. The Morgan fingerprint density at radius 1 is 1.07 bits per heavy atom. The summed E-state index contributed by atoms with van der Waals surface area (Å²) >= 11 is 0. The minimum atomic E-state index is -3.61. The molecule has 0 aliphatic rings. The molecular weight excluding hydrogens is 376 g/mol. The summed E-state index contributed by atoms with van der Waals surface area (Å²) in [7, 11) is -3.61. The molecule has 0 fully saturated rings. The summed E-state index contributed by atoms with van der Waals surface area (Å²) < 4.78 is 32.6. The van der Waals surface area contributed by atoms with Crippen molar-refractivity contribution in [2.45, 2.75) is 32.6 Å². The zero-order valence-corrected chi connectivity index (χ0v) is 17.3. The minimum Gasteiger partial charge on any atom is -0.451 e. The minimum absolute atomic E-state index is 0.151. The summed E-state index contributed by atoms with van der Waals surface area (Å²) in [5, 5.41) is 3.68. The molecule has 1 aromatic heterocycles. The van der Waals surface area contributed by atoms with Crippen LogP contribution in [-0.2, 0) is 10.0 Å². The number of nitrogens with zero attached hydrogens (tertiary/aromatic N) is 1.